The van der Waals surface area contributed by atoms with Gasteiger partial charge < -0.3 is 9.32 Å². The normalized spacial score (nSPS) is 10.7. The van der Waals surface area contributed by atoms with Gasteiger partial charge in [-0.15, -0.1) is 10.2 Å². The van der Waals surface area contributed by atoms with Gasteiger partial charge in [0.1, 0.15) is 0 Å². The van der Waals surface area contributed by atoms with Crippen LogP contribution in [0.4, 0.5) is 5.69 Å². The molecule has 6 heteroatoms. The van der Waals surface area contributed by atoms with Crippen LogP contribution in [-0.2, 0) is 4.79 Å². The smallest absolute Gasteiger partial charge is 0.277 e. The Morgan fingerprint density at radius 1 is 1.08 bits per heavy atom. The molecule has 0 atom stereocenters. The van der Waals surface area contributed by atoms with Gasteiger partial charge in [-0.3, -0.25) is 4.79 Å². The molecule has 5 nitrogen and oxygen atoms in total. The van der Waals surface area contributed by atoms with E-state index < -0.39 is 0 Å². The van der Waals surface area contributed by atoms with Crippen molar-refractivity contribution in [3.05, 3.63) is 59.7 Å². The zero-order valence-electron chi connectivity index (χ0n) is 15.1. The van der Waals surface area contributed by atoms with E-state index in [4.69, 9.17) is 4.42 Å². The van der Waals surface area contributed by atoms with Gasteiger partial charge in [0, 0.05) is 17.8 Å². The van der Waals surface area contributed by atoms with Gasteiger partial charge in [-0.2, -0.15) is 0 Å². The number of hydrogen-bond donors (Lipinski definition) is 0. The summed E-state index contributed by atoms with van der Waals surface area (Å²) in [6.07, 6.45) is 0. The van der Waals surface area contributed by atoms with Crippen LogP contribution >= 0.6 is 11.8 Å². The lowest BCUT2D eigenvalue weighted by atomic mass is 10.1. The van der Waals surface area contributed by atoms with Crippen molar-refractivity contribution in [1.82, 2.24) is 10.2 Å². The van der Waals surface area contributed by atoms with E-state index in [0.717, 1.165) is 11.3 Å². The number of aryl methyl sites for hydroxylation is 2. The molecule has 0 fully saturated rings. The molecule has 26 heavy (non-hydrogen) atoms. The van der Waals surface area contributed by atoms with E-state index in [1.165, 1.54) is 22.9 Å². The summed E-state index contributed by atoms with van der Waals surface area (Å²) in [5.74, 6) is 0.727. The molecule has 0 saturated heterocycles. The Morgan fingerprint density at radius 2 is 1.85 bits per heavy atom. The summed E-state index contributed by atoms with van der Waals surface area (Å²) in [7, 11) is 0. The largest absolute Gasteiger partial charge is 0.411 e. The molecule has 0 unspecified atom stereocenters. The van der Waals surface area contributed by atoms with Crippen molar-refractivity contribution in [3.8, 4) is 11.5 Å². The minimum atomic E-state index is 0.00892. The summed E-state index contributed by atoms with van der Waals surface area (Å²) in [5.41, 5.74) is 4.17. The number of thioether (sulfide) groups is 1. The third-order valence-corrected chi connectivity index (χ3v) is 4.97. The molecule has 0 N–H and O–H groups in total. The Bertz CT molecular complexity index is 893. The number of aromatic nitrogens is 2. The molecule has 0 aliphatic carbocycles. The molecule has 0 spiro atoms. The number of carbonyl (C=O) groups excluding carboxylic acids is 1. The predicted molar refractivity (Wildman–Crippen MR) is 104 cm³/mol. The average molecular weight is 367 g/mol. The zero-order valence-corrected chi connectivity index (χ0v) is 15.9. The summed E-state index contributed by atoms with van der Waals surface area (Å²) in [6.45, 7) is 6.68. The highest BCUT2D eigenvalue weighted by molar-refractivity contribution is 7.99. The van der Waals surface area contributed by atoms with Crippen LogP contribution in [-0.4, -0.2) is 28.4 Å². The van der Waals surface area contributed by atoms with Crippen molar-refractivity contribution in [1.29, 1.82) is 0 Å². The molecule has 1 aromatic heterocycles. The van der Waals surface area contributed by atoms with Crippen LogP contribution in [0.15, 0.2) is 58.2 Å². The number of benzene rings is 2. The second-order valence-corrected chi connectivity index (χ2v) is 6.86. The fraction of sp³-hybridized carbons (Fsp3) is 0.250. The predicted octanol–water partition coefficient (Wildman–Crippen LogP) is 4.50. The average Bonchev–Trinajstić information content (AvgIpc) is 3.13. The summed E-state index contributed by atoms with van der Waals surface area (Å²) in [6, 6.07) is 15.7. The summed E-state index contributed by atoms with van der Waals surface area (Å²) < 4.78 is 5.70. The highest BCUT2D eigenvalue weighted by Gasteiger charge is 2.16. The first kappa shape index (κ1) is 18.2. The van der Waals surface area contributed by atoms with E-state index in [9.17, 15) is 4.79 Å². The van der Waals surface area contributed by atoms with Gasteiger partial charge >= 0.3 is 0 Å². The number of hydrogen-bond acceptors (Lipinski definition) is 5. The first-order chi connectivity index (χ1) is 12.6. The van der Waals surface area contributed by atoms with E-state index in [-0.39, 0.29) is 11.7 Å². The third kappa shape index (κ3) is 4.14. The second-order valence-electron chi connectivity index (χ2n) is 5.93. The maximum absolute atomic E-state index is 12.5. The minimum absolute atomic E-state index is 0.00892. The number of anilines is 1. The van der Waals surface area contributed by atoms with Crippen LogP contribution in [0.2, 0.25) is 0 Å². The molecular formula is C20H21N3O2S. The number of amides is 1. The Morgan fingerprint density at radius 3 is 2.54 bits per heavy atom. The van der Waals surface area contributed by atoms with Gasteiger partial charge in [0.25, 0.3) is 5.22 Å². The van der Waals surface area contributed by atoms with Gasteiger partial charge in [0.2, 0.25) is 11.8 Å². The molecule has 1 amide bonds. The Labute approximate surface area is 157 Å². The lowest BCUT2D eigenvalue weighted by Crippen LogP contribution is -2.32. The standard InChI is InChI=1S/C20H21N3O2S/c1-4-23(17-8-6-5-7-9-17)18(24)13-26-20-22-21-19(25-20)16-11-10-14(2)15(3)12-16/h5-12H,4,13H2,1-3H3. The van der Waals surface area contributed by atoms with Crippen molar-refractivity contribution in [2.24, 2.45) is 0 Å². The highest BCUT2D eigenvalue weighted by atomic mass is 32.2. The molecular weight excluding hydrogens is 346 g/mol. The summed E-state index contributed by atoms with van der Waals surface area (Å²) in [5, 5.41) is 8.54. The topological polar surface area (TPSA) is 59.2 Å². The van der Waals surface area contributed by atoms with Crippen LogP contribution in [0, 0.1) is 13.8 Å². The van der Waals surface area contributed by atoms with E-state index in [1.54, 1.807) is 4.90 Å². The quantitative estimate of drug-likeness (QED) is 0.601. The van der Waals surface area contributed by atoms with Crippen molar-refractivity contribution in [2.45, 2.75) is 26.0 Å². The first-order valence-corrected chi connectivity index (χ1v) is 9.46. The summed E-state index contributed by atoms with van der Waals surface area (Å²) >= 11 is 1.26. The molecule has 1 heterocycles. The molecule has 2 aromatic carbocycles. The van der Waals surface area contributed by atoms with Gasteiger partial charge in [0.05, 0.1) is 5.75 Å². The fourth-order valence-electron chi connectivity index (χ4n) is 2.57. The van der Waals surface area contributed by atoms with Crippen molar-refractivity contribution in [2.75, 3.05) is 17.2 Å². The number of rotatable bonds is 6. The molecule has 0 aliphatic rings. The summed E-state index contributed by atoms with van der Waals surface area (Å²) in [4.78, 5) is 14.3. The SMILES string of the molecule is CCN(C(=O)CSc1nnc(-c2ccc(C)c(C)c2)o1)c1ccccc1. The molecule has 134 valence electrons. The molecule has 0 saturated carbocycles. The Balaban J connectivity index is 1.66. The molecule has 0 radical (unpaired) electrons. The number of para-hydroxylation sites is 1. The molecule has 0 bridgehead atoms. The van der Waals surface area contributed by atoms with Gasteiger partial charge in [0.15, 0.2) is 0 Å². The highest BCUT2D eigenvalue weighted by Crippen LogP contribution is 2.25. The van der Waals surface area contributed by atoms with Crippen LogP contribution < -0.4 is 4.90 Å². The van der Waals surface area contributed by atoms with E-state index in [1.807, 2.05) is 62.4 Å². The minimum Gasteiger partial charge on any atom is -0.411 e. The zero-order chi connectivity index (χ0) is 18.5. The monoisotopic (exact) mass is 367 g/mol. The van der Waals surface area contributed by atoms with Crippen LogP contribution in [0.3, 0.4) is 0 Å². The van der Waals surface area contributed by atoms with E-state index in [2.05, 4.69) is 17.1 Å². The van der Waals surface area contributed by atoms with Crippen LogP contribution in [0.5, 0.6) is 0 Å². The van der Waals surface area contributed by atoms with E-state index in [0.29, 0.717) is 17.7 Å². The fourth-order valence-corrected chi connectivity index (χ4v) is 3.21. The molecule has 3 rings (SSSR count). The van der Waals surface area contributed by atoms with Gasteiger partial charge in [-0.1, -0.05) is 36.0 Å². The molecule has 3 aromatic rings. The van der Waals surface area contributed by atoms with Crippen molar-refractivity contribution < 1.29 is 9.21 Å². The van der Waals surface area contributed by atoms with Crippen molar-refractivity contribution >= 4 is 23.4 Å². The Hall–Kier alpha value is -2.60. The van der Waals surface area contributed by atoms with Gasteiger partial charge in [-0.25, -0.2) is 0 Å². The number of carbonyl (C=O) groups is 1. The first-order valence-electron chi connectivity index (χ1n) is 8.48. The lowest BCUT2D eigenvalue weighted by molar-refractivity contribution is -0.116. The van der Waals surface area contributed by atoms with Crippen molar-refractivity contribution in [3.63, 3.8) is 0 Å². The van der Waals surface area contributed by atoms with Gasteiger partial charge in [-0.05, 0) is 56.2 Å². The molecule has 0 aliphatic heterocycles. The number of nitrogens with zero attached hydrogens (tertiary/aromatic N) is 3. The second kappa shape index (κ2) is 8.19. The lowest BCUT2D eigenvalue weighted by Gasteiger charge is -2.20. The maximum Gasteiger partial charge on any atom is 0.277 e. The third-order valence-electron chi connectivity index (χ3n) is 4.16. The Kier molecular flexibility index (Phi) is 5.73. The van der Waals surface area contributed by atoms with Crippen LogP contribution in [0.1, 0.15) is 18.1 Å². The van der Waals surface area contributed by atoms with Crippen LogP contribution in [0.25, 0.3) is 11.5 Å². The maximum atomic E-state index is 12.5. The van der Waals surface area contributed by atoms with E-state index >= 15 is 0 Å².